The Morgan fingerprint density at radius 2 is 1.97 bits per heavy atom. The summed E-state index contributed by atoms with van der Waals surface area (Å²) in [6, 6.07) is 5.55. The topological polar surface area (TPSA) is 130 Å². The van der Waals surface area contributed by atoms with Crippen LogP contribution in [0.5, 0.6) is 11.5 Å². The predicted molar refractivity (Wildman–Crippen MR) is 139 cm³/mol. The number of carbonyl (C=O) groups excluding carboxylic acids is 1. The molecule has 1 aromatic carbocycles. The molecule has 0 saturated carbocycles. The van der Waals surface area contributed by atoms with Crippen molar-refractivity contribution in [2.45, 2.75) is 51.6 Å². The normalized spacial score (nSPS) is 18.7. The number of aryl methyl sites for hydroxylation is 1. The van der Waals surface area contributed by atoms with Crippen LogP contribution in [0.4, 0.5) is 0 Å². The monoisotopic (exact) mass is 529 g/mol. The zero-order chi connectivity index (χ0) is 26.7. The molecule has 6 heterocycles. The predicted octanol–water partition coefficient (Wildman–Crippen LogP) is 2.18. The van der Waals surface area contributed by atoms with Crippen LogP contribution in [0.1, 0.15) is 42.0 Å². The molecule has 0 spiro atoms. The summed E-state index contributed by atoms with van der Waals surface area (Å²) in [5.41, 5.74) is 2.37. The minimum atomic E-state index is -1.87. The van der Waals surface area contributed by atoms with E-state index >= 15 is 0 Å². The Morgan fingerprint density at radius 3 is 2.77 bits per heavy atom. The molecular weight excluding hydrogens is 502 g/mol. The van der Waals surface area contributed by atoms with Crippen LogP contribution in [0.15, 0.2) is 41.7 Å². The van der Waals surface area contributed by atoms with E-state index in [0.29, 0.717) is 47.1 Å². The molecule has 3 aromatic heterocycles. The minimum absolute atomic E-state index is 0.0947. The lowest BCUT2D eigenvalue weighted by Crippen LogP contribution is -2.44. The second-order valence-electron chi connectivity index (χ2n) is 10.1. The lowest BCUT2D eigenvalue weighted by atomic mass is 9.86. The highest BCUT2D eigenvalue weighted by Gasteiger charge is 2.45. The van der Waals surface area contributed by atoms with Gasteiger partial charge in [0.2, 0.25) is 6.79 Å². The molecule has 0 fully saturated rings. The van der Waals surface area contributed by atoms with Crippen LogP contribution in [-0.4, -0.2) is 43.5 Å². The fourth-order valence-corrected chi connectivity index (χ4v) is 5.77. The van der Waals surface area contributed by atoms with E-state index in [9.17, 15) is 14.7 Å². The van der Waals surface area contributed by atoms with Gasteiger partial charge >= 0.3 is 5.97 Å². The van der Waals surface area contributed by atoms with Crippen LogP contribution >= 0.6 is 0 Å². The minimum Gasteiger partial charge on any atom is -0.458 e. The van der Waals surface area contributed by atoms with E-state index < -0.39 is 11.6 Å². The molecule has 7 rings (SSSR count). The van der Waals surface area contributed by atoms with Crippen LogP contribution in [-0.2, 0) is 41.4 Å². The number of benzene rings is 1. The molecule has 0 saturated heterocycles. The van der Waals surface area contributed by atoms with Crippen molar-refractivity contribution in [3.63, 3.8) is 0 Å². The quantitative estimate of drug-likeness (QED) is 0.241. The van der Waals surface area contributed by atoms with E-state index in [1.54, 1.807) is 30.1 Å². The summed E-state index contributed by atoms with van der Waals surface area (Å²) in [5.74, 6) is 0.551. The number of nitrogens with one attached hydrogen (secondary N) is 1. The molecule has 0 amide bonds. The van der Waals surface area contributed by atoms with Crippen molar-refractivity contribution < 1.29 is 24.1 Å². The highest BCUT2D eigenvalue weighted by molar-refractivity contribution is 5.91. The summed E-state index contributed by atoms with van der Waals surface area (Å²) in [7, 11) is 0. The molecule has 1 atom stereocenters. The number of cyclic esters (lactones) is 1. The second-order valence-corrected chi connectivity index (χ2v) is 10.1. The van der Waals surface area contributed by atoms with Crippen LogP contribution < -0.4 is 20.3 Å². The van der Waals surface area contributed by atoms with Gasteiger partial charge in [-0.2, -0.15) is 0 Å². The summed E-state index contributed by atoms with van der Waals surface area (Å²) in [4.78, 5) is 35.2. The van der Waals surface area contributed by atoms with E-state index in [1.807, 2.05) is 22.9 Å². The molecule has 0 radical (unpaired) electrons. The Kier molecular flexibility index (Phi) is 5.46. The van der Waals surface area contributed by atoms with Crippen molar-refractivity contribution in [3.8, 4) is 22.9 Å². The molecule has 11 heteroatoms. The van der Waals surface area contributed by atoms with Gasteiger partial charge in [0, 0.05) is 48.1 Å². The smallest absolute Gasteiger partial charge is 0.343 e. The Bertz CT molecular complexity index is 1700. The van der Waals surface area contributed by atoms with Crippen molar-refractivity contribution in [3.05, 3.63) is 69.5 Å². The molecule has 3 aliphatic rings. The van der Waals surface area contributed by atoms with Gasteiger partial charge in [-0.25, -0.2) is 14.8 Å². The van der Waals surface area contributed by atoms with Crippen molar-refractivity contribution in [1.82, 2.24) is 24.4 Å². The van der Waals surface area contributed by atoms with Crippen LogP contribution in [0.3, 0.4) is 0 Å². The molecule has 0 bridgehead atoms. The summed E-state index contributed by atoms with van der Waals surface area (Å²) in [6.45, 7) is 4.23. The fraction of sp³-hybridized carbons (Fsp3) is 0.357. The zero-order valence-corrected chi connectivity index (χ0v) is 21.4. The van der Waals surface area contributed by atoms with Gasteiger partial charge in [-0.1, -0.05) is 6.92 Å². The number of ether oxygens (including phenoxy) is 3. The average molecular weight is 530 g/mol. The largest absolute Gasteiger partial charge is 0.458 e. The summed E-state index contributed by atoms with van der Waals surface area (Å²) < 4.78 is 20.2. The number of esters is 1. The van der Waals surface area contributed by atoms with E-state index in [-0.39, 0.29) is 25.4 Å². The van der Waals surface area contributed by atoms with E-state index in [0.717, 1.165) is 41.5 Å². The van der Waals surface area contributed by atoms with Gasteiger partial charge in [-0.05, 0) is 37.1 Å². The summed E-state index contributed by atoms with van der Waals surface area (Å²) in [5, 5.41) is 15.7. The molecular formula is C28H27N5O6. The maximum absolute atomic E-state index is 13.6. The maximum atomic E-state index is 13.6. The Labute approximate surface area is 223 Å². The number of hydrogen-bond donors (Lipinski definition) is 2. The Balaban J connectivity index is 1.32. The van der Waals surface area contributed by atoms with Gasteiger partial charge in [-0.3, -0.25) is 4.79 Å². The van der Waals surface area contributed by atoms with Crippen LogP contribution in [0, 0.1) is 0 Å². The first-order valence-electron chi connectivity index (χ1n) is 13.1. The number of fused-ring (bicyclic) bond motifs is 6. The third kappa shape index (κ3) is 3.64. The highest BCUT2D eigenvalue weighted by Crippen LogP contribution is 2.43. The molecule has 4 aromatic rings. The van der Waals surface area contributed by atoms with Gasteiger partial charge in [-0.15, -0.1) is 0 Å². The highest BCUT2D eigenvalue weighted by atomic mass is 16.7. The van der Waals surface area contributed by atoms with Crippen molar-refractivity contribution in [2.24, 2.45) is 0 Å². The standard InChI is InChI=1S/C28H27N5O6/c1-2-28(36)20-9-22-25-18(12-33(22)26(34)19(20)13-37-27(28)35)17(11-29-4-3-6-32-7-5-30-14-32)16-8-23-24(39-15-38-23)10-21(16)31-25/h5,7-10,14,29,36H,2-4,6,11-13,15H2,1H3/t28-/m0/s1. The molecule has 2 N–H and O–H groups in total. The summed E-state index contributed by atoms with van der Waals surface area (Å²) in [6.07, 6.45) is 6.53. The first-order chi connectivity index (χ1) is 19.0. The van der Waals surface area contributed by atoms with Crippen molar-refractivity contribution >= 4 is 16.9 Å². The lowest BCUT2D eigenvalue weighted by molar-refractivity contribution is -0.172. The number of nitrogens with zero attached hydrogens (tertiary/aromatic N) is 4. The maximum Gasteiger partial charge on any atom is 0.343 e. The van der Waals surface area contributed by atoms with Crippen molar-refractivity contribution in [1.29, 1.82) is 0 Å². The van der Waals surface area contributed by atoms with Gasteiger partial charge in [0.1, 0.15) is 6.61 Å². The number of carbonyl (C=O) groups is 1. The number of pyridine rings is 2. The van der Waals surface area contributed by atoms with Gasteiger partial charge < -0.3 is 33.8 Å². The third-order valence-corrected chi connectivity index (χ3v) is 7.93. The third-order valence-electron chi connectivity index (χ3n) is 7.93. The first kappa shape index (κ1) is 23.9. The number of aromatic nitrogens is 4. The number of rotatable bonds is 7. The molecule has 11 nitrogen and oxygen atoms in total. The van der Waals surface area contributed by atoms with Crippen LogP contribution in [0.2, 0.25) is 0 Å². The van der Waals surface area contributed by atoms with Gasteiger partial charge in [0.15, 0.2) is 17.1 Å². The Morgan fingerprint density at radius 1 is 1.13 bits per heavy atom. The zero-order valence-electron chi connectivity index (χ0n) is 21.4. The number of imidazole rings is 1. The number of hydrogen-bond acceptors (Lipinski definition) is 9. The first-order valence-corrected chi connectivity index (χ1v) is 13.1. The molecule has 0 aliphatic carbocycles. The van der Waals surface area contributed by atoms with Gasteiger partial charge in [0.05, 0.1) is 35.3 Å². The molecule has 39 heavy (non-hydrogen) atoms. The summed E-state index contributed by atoms with van der Waals surface area (Å²) >= 11 is 0. The Hall–Kier alpha value is -4.22. The lowest BCUT2D eigenvalue weighted by Gasteiger charge is -2.31. The van der Waals surface area contributed by atoms with E-state index in [1.165, 1.54) is 0 Å². The molecule has 3 aliphatic heterocycles. The van der Waals surface area contributed by atoms with E-state index in [2.05, 4.69) is 10.3 Å². The van der Waals surface area contributed by atoms with Crippen LogP contribution in [0.25, 0.3) is 22.3 Å². The number of aliphatic hydroxyl groups is 1. The molecule has 0 unspecified atom stereocenters. The molecule has 200 valence electrons. The van der Waals surface area contributed by atoms with Gasteiger partial charge in [0.25, 0.3) is 5.56 Å². The average Bonchev–Trinajstić information content (AvgIpc) is 3.70. The SMILES string of the molecule is CC[C@@]1(O)C(=O)OCc2c1cc1n(c2=O)Cc2c-1nc1cc3c(cc1c2CNCCCn1ccnc1)OCO3. The fourth-order valence-electron chi connectivity index (χ4n) is 5.77. The van der Waals surface area contributed by atoms with Crippen molar-refractivity contribution in [2.75, 3.05) is 13.3 Å². The van der Waals surface area contributed by atoms with E-state index in [4.69, 9.17) is 19.2 Å². The second kappa shape index (κ2) is 8.92.